The quantitative estimate of drug-likeness (QED) is 0.102. The average Bonchev–Trinajstić information content (AvgIpc) is 3.69. The van der Waals surface area contributed by atoms with Gasteiger partial charge in [0, 0.05) is 0 Å². The SMILES string of the molecule is Nc1nc2c(ncn2[C@@H]2S[C@H](CO)[C@@H](O)[C@H]2OP(O)(=S)OC[C@H]2OC(n3cnc4c(=O)[nH]cnc43)[C@@H](F)[C@@H]2O)c(=O)[nH]1. The van der Waals surface area contributed by atoms with Crippen LogP contribution >= 0.6 is 18.5 Å². The van der Waals surface area contributed by atoms with Crippen LogP contribution in [0.1, 0.15) is 11.6 Å². The summed E-state index contributed by atoms with van der Waals surface area (Å²) in [5, 5.41) is 29.4. The average molecular weight is 648 g/mol. The van der Waals surface area contributed by atoms with E-state index in [-0.39, 0.29) is 28.3 Å². The predicted molar refractivity (Wildman–Crippen MR) is 146 cm³/mol. The minimum absolute atomic E-state index is 0.0261. The van der Waals surface area contributed by atoms with E-state index in [0.29, 0.717) is 0 Å². The number of nitrogens with zero attached hydrogens (tertiary/aromatic N) is 6. The van der Waals surface area contributed by atoms with Crippen molar-refractivity contribution in [3.63, 3.8) is 0 Å². The number of halogens is 1. The molecule has 0 bridgehead atoms. The largest absolute Gasteiger partial charge is 0.395 e. The number of aromatic nitrogens is 8. The smallest absolute Gasteiger partial charge is 0.325 e. The van der Waals surface area contributed by atoms with Crippen LogP contribution in [0.15, 0.2) is 28.6 Å². The molecule has 0 radical (unpaired) electrons. The van der Waals surface area contributed by atoms with Gasteiger partial charge in [-0.25, -0.2) is 19.3 Å². The highest BCUT2D eigenvalue weighted by Crippen LogP contribution is 2.53. The number of hydrogen-bond acceptors (Lipinski definition) is 15. The third kappa shape index (κ3) is 5.04. The predicted octanol–water partition coefficient (Wildman–Crippen LogP) is -1.98. The lowest BCUT2D eigenvalue weighted by atomic mass is 10.1. The number of nitrogens with one attached hydrogen (secondary N) is 2. The number of fused-ring (bicyclic) bond motifs is 2. The Labute approximate surface area is 241 Å². The number of imidazole rings is 2. The molecule has 2 fully saturated rings. The second kappa shape index (κ2) is 11.0. The van der Waals surface area contributed by atoms with E-state index in [0.717, 1.165) is 29.0 Å². The molecule has 6 rings (SSSR count). The van der Waals surface area contributed by atoms with Gasteiger partial charge in [0.05, 0.1) is 43.5 Å². The molecule has 0 aromatic carbocycles. The van der Waals surface area contributed by atoms with Gasteiger partial charge in [-0.05, 0) is 11.8 Å². The number of nitrogen functional groups attached to an aromatic ring is 1. The van der Waals surface area contributed by atoms with Gasteiger partial charge in [0.15, 0.2) is 34.7 Å². The van der Waals surface area contributed by atoms with Crippen LogP contribution in [-0.4, -0.2) is 108 Å². The Kier molecular flexibility index (Phi) is 7.66. The normalized spacial score (nSPS) is 31.3. The molecule has 0 aliphatic carbocycles. The molecular weight excluding hydrogens is 624 g/mol. The molecule has 6 heterocycles. The first-order chi connectivity index (χ1) is 20.0. The summed E-state index contributed by atoms with van der Waals surface area (Å²) in [4.78, 5) is 55.8. The van der Waals surface area contributed by atoms with Gasteiger partial charge < -0.3 is 40.2 Å². The standard InChI is InChI=1S/C20H23FN9O9PS2/c21-8-11(32)6(38-18(8)29-4-25-9-14(29)23-3-24-16(9)34)2-37-40(36,41)39-13-12(33)7(1-31)42-19(13)30-5-26-10-15(30)27-20(22)28-17(10)35/h3-8,11-13,18-19,31-33H,1-2H2,(H,36,41)(H,23,24,34)(H3,22,27,28,35)/t6-,7-,8+,11-,12-,13-,18?,19-,40?/m1/s1. The maximum atomic E-state index is 15.1. The second-order valence-corrected chi connectivity index (χ2v) is 13.6. The lowest BCUT2D eigenvalue weighted by Crippen LogP contribution is -2.35. The van der Waals surface area contributed by atoms with E-state index in [9.17, 15) is 29.8 Å². The van der Waals surface area contributed by atoms with Crippen LogP contribution in [0.5, 0.6) is 0 Å². The van der Waals surface area contributed by atoms with Gasteiger partial charge in [-0.15, -0.1) is 11.8 Å². The van der Waals surface area contributed by atoms with Crippen LogP contribution in [-0.2, 0) is 25.6 Å². The van der Waals surface area contributed by atoms with E-state index in [2.05, 4.69) is 29.9 Å². The number of aliphatic hydroxyl groups is 3. The lowest BCUT2D eigenvalue weighted by molar-refractivity contribution is -0.0478. The third-order valence-corrected chi connectivity index (χ3v) is 9.92. The van der Waals surface area contributed by atoms with Crippen molar-refractivity contribution in [1.29, 1.82) is 0 Å². The number of hydrogen-bond donors (Lipinski definition) is 7. The topological polar surface area (TPSA) is 262 Å². The fourth-order valence-electron chi connectivity index (χ4n) is 4.80. The van der Waals surface area contributed by atoms with Crippen molar-refractivity contribution in [1.82, 2.24) is 39.0 Å². The van der Waals surface area contributed by atoms with Crippen LogP contribution in [0.25, 0.3) is 22.3 Å². The molecule has 0 spiro atoms. The minimum atomic E-state index is -4.22. The van der Waals surface area contributed by atoms with Crippen LogP contribution in [0.4, 0.5) is 10.3 Å². The van der Waals surface area contributed by atoms with Gasteiger partial charge in [-0.3, -0.25) is 28.2 Å². The molecule has 4 aromatic rings. The summed E-state index contributed by atoms with van der Waals surface area (Å²) < 4.78 is 34.3. The Morgan fingerprint density at radius 1 is 1.14 bits per heavy atom. The number of ether oxygens (including phenoxy) is 1. The lowest BCUT2D eigenvalue weighted by Gasteiger charge is -2.27. The fourth-order valence-corrected chi connectivity index (χ4v) is 7.73. The van der Waals surface area contributed by atoms with Crippen molar-refractivity contribution in [3.05, 3.63) is 39.7 Å². The first-order valence-electron chi connectivity index (χ1n) is 12.2. The van der Waals surface area contributed by atoms with Crippen molar-refractivity contribution in [2.24, 2.45) is 0 Å². The number of anilines is 1. The summed E-state index contributed by atoms with van der Waals surface area (Å²) in [6.07, 6.45) is -5.60. The molecule has 9 atom stereocenters. The van der Waals surface area contributed by atoms with Gasteiger partial charge in [-0.2, -0.15) is 4.98 Å². The molecule has 4 aromatic heterocycles. The third-order valence-electron chi connectivity index (χ3n) is 6.81. The van der Waals surface area contributed by atoms with E-state index < -0.39 is 78.5 Å². The summed E-state index contributed by atoms with van der Waals surface area (Å²) in [7, 11) is 0. The highest BCUT2D eigenvalue weighted by Gasteiger charge is 2.49. The zero-order valence-corrected chi connectivity index (χ0v) is 23.5. The summed E-state index contributed by atoms with van der Waals surface area (Å²) in [6.45, 7) is -5.30. The molecule has 18 nitrogen and oxygen atoms in total. The number of thioether (sulfide) groups is 1. The summed E-state index contributed by atoms with van der Waals surface area (Å²) in [6, 6.07) is 0. The van der Waals surface area contributed by atoms with E-state index >= 15 is 4.39 Å². The molecule has 2 unspecified atom stereocenters. The Hall–Kier alpha value is -2.85. The molecule has 2 aliphatic rings. The van der Waals surface area contributed by atoms with Gasteiger partial charge in [0.25, 0.3) is 11.1 Å². The van der Waals surface area contributed by atoms with Crippen molar-refractivity contribution < 1.29 is 38.4 Å². The van der Waals surface area contributed by atoms with Crippen molar-refractivity contribution in [3.8, 4) is 0 Å². The first-order valence-corrected chi connectivity index (χ1v) is 15.7. The van der Waals surface area contributed by atoms with Crippen LogP contribution in [0, 0.1) is 0 Å². The number of rotatable bonds is 8. The van der Waals surface area contributed by atoms with Crippen molar-refractivity contribution in [2.75, 3.05) is 18.9 Å². The van der Waals surface area contributed by atoms with Gasteiger partial charge in [0.1, 0.15) is 23.7 Å². The number of aliphatic hydroxyl groups excluding tert-OH is 3. The summed E-state index contributed by atoms with van der Waals surface area (Å²) >= 11 is 6.20. The van der Waals surface area contributed by atoms with Gasteiger partial charge >= 0.3 is 6.72 Å². The molecule has 0 amide bonds. The molecule has 226 valence electrons. The monoisotopic (exact) mass is 647 g/mol. The van der Waals surface area contributed by atoms with Crippen molar-refractivity contribution in [2.45, 2.75) is 47.4 Å². The van der Waals surface area contributed by atoms with E-state index in [1.807, 2.05) is 0 Å². The molecule has 2 saturated heterocycles. The Bertz CT molecular complexity index is 1800. The Balaban J connectivity index is 1.19. The van der Waals surface area contributed by atoms with Crippen LogP contribution < -0.4 is 16.9 Å². The molecule has 42 heavy (non-hydrogen) atoms. The summed E-state index contributed by atoms with van der Waals surface area (Å²) in [5.41, 5.74) is 4.52. The number of H-pyrrole nitrogens is 2. The Morgan fingerprint density at radius 2 is 1.86 bits per heavy atom. The number of aromatic amines is 2. The molecular formula is C20H23FN9O9PS2. The van der Waals surface area contributed by atoms with Crippen LogP contribution in [0.3, 0.4) is 0 Å². The first kappa shape index (κ1) is 29.2. The summed E-state index contributed by atoms with van der Waals surface area (Å²) in [5.74, 6) is -0.185. The fraction of sp³-hybridized carbons (Fsp3) is 0.500. The zero-order valence-electron chi connectivity index (χ0n) is 21.0. The van der Waals surface area contributed by atoms with E-state index in [1.54, 1.807) is 0 Å². The molecule has 2 aliphatic heterocycles. The molecule has 8 N–H and O–H groups in total. The van der Waals surface area contributed by atoms with E-state index in [1.165, 1.54) is 10.9 Å². The minimum Gasteiger partial charge on any atom is -0.395 e. The highest BCUT2D eigenvalue weighted by atomic mass is 32.5. The van der Waals surface area contributed by atoms with Crippen LogP contribution in [0.2, 0.25) is 0 Å². The second-order valence-electron chi connectivity index (χ2n) is 9.40. The maximum Gasteiger partial charge on any atom is 0.325 e. The zero-order chi connectivity index (χ0) is 29.9. The Morgan fingerprint density at radius 3 is 2.60 bits per heavy atom. The van der Waals surface area contributed by atoms with Crippen molar-refractivity contribution >= 4 is 58.6 Å². The van der Waals surface area contributed by atoms with Gasteiger partial charge in [-0.1, -0.05) is 0 Å². The highest BCUT2D eigenvalue weighted by molar-refractivity contribution is 8.07. The maximum absolute atomic E-state index is 15.1. The number of nitrogens with two attached hydrogens (primary N) is 1. The van der Waals surface area contributed by atoms with Gasteiger partial charge in [0.2, 0.25) is 5.95 Å². The van der Waals surface area contributed by atoms with E-state index in [4.69, 9.17) is 31.3 Å². The number of alkyl halides is 1. The molecule has 22 heteroatoms. The molecule has 0 saturated carbocycles.